The van der Waals surface area contributed by atoms with E-state index in [0.29, 0.717) is 11.4 Å². The molecule has 2 N–H and O–H groups in total. The van der Waals surface area contributed by atoms with Crippen molar-refractivity contribution in [3.05, 3.63) is 81.3 Å². The lowest BCUT2D eigenvalue weighted by Gasteiger charge is -2.17. The van der Waals surface area contributed by atoms with Crippen molar-refractivity contribution in [2.24, 2.45) is 0 Å². The van der Waals surface area contributed by atoms with Crippen molar-refractivity contribution in [1.82, 2.24) is 10.5 Å². The highest BCUT2D eigenvalue weighted by Gasteiger charge is 2.21. The molecule has 0 spiro atoms. The Kier molecular flexibility index (Phi) is 7.08. The predicted molar refractivity (Wildman–Crippen MR) is 112 cm³/mol. The van der Waals surface area contributed by atoms with E-state index in [4.69, 9.17) is 20.9 Å². The van der Waals surface area contributed by atoms with Gasteiger partial charge in [-0.1, -0.05) is 48.0 Å². The Hall–Kier alpha value is -3.32. The Morgan fingerprint density at radius 1 is 1.13 bits per heavy atom. The SMILES string of the molecule is CCOC(=O)CC(Cc1ccc(-c2cccc(Cl)c2)cc1)NC(=O)c1cc(=O)[nH]o1. The zero-order chi connectivity index (χ0) is 21.5. The van der Waals surface area contributed by atoms with Gasteiger partial charge in [-0.25, -0.2) is 0 Å². The van der Waals surface area contributed by atoms with Gasteiger partial charge in [0.15, 0.2) is 0 Å². The summed E-state index contributed by atoms with van der Waals surface area (Å²) in [5, 5.41) is 5.45. The number of aromatic nitrogens is 1. The number of H-pyrrole nitrogens is 1. The molecule has 1 unspecified atom stereocenters. The molecule has 0 aliphatic rings. The van der Waals surface area contributed by atoms with Crippen molar-refractivity contribution in [3.8, 4) is 11.1 Å². The standard InChI is InChI=1S/C22H21ClN2O5/c1-2-29-21(27)12-18(24-22(28)19-13-20(26)25-30-19)10-14-6-8-15(9-7-14)16-4-3-5-17(23)11-16/h3-9,11,13,18H,2,10,12H2,1H3,(H,24,28)(H,25,26). The van der Waals surface area contributed by atoms with Crippen LogP contribution in [0.2, 0.25) is 5.02 Å². The topological polar surface area (TPSA) is 101 Å². The van der Waals surface area contributed by atoms with E-state index >= 15 is 0 Å². The van der Waals surface area contributed by atoms with E-state index in [1.54, 1.807) is 6.92 Å². The van der Waals surface area contributed by atoms with Crippen LogP contribution in [0.4, 0.5) is 0 Å². The Balaban J connectivity index is 1.73. The molecule has 1 aromatic heterocycles. The van der Waals surface area contributed by atoms with E-state index in [0.717, 1.165) is 22.8 Å². The van der Waals surface area contributed by atoms with Gasteiger partial charge in [0.05, 0.1) is 19.1 Å². The number of halogens is 1. The number of carbonyl (C=O) groups is 2. The second-order valence-corrected chi connectivity index (χ2v) is 7.10. The van der Waals surface area contributed by atoms with Gasteiger partial charge >= 0.3 is 5.97 Å². The number of amides is 1. The summed E-state index contributed by atoms with van der Waals surface area (Å²) in [6, 6.07) is 15.8. The van der Waals surface area contributed by atoms with Crippen molar-refractivity contribution in [2.45, 2.75) is 25.8 Å². The molecular weight excluding hydrogens is 408 g/mol. The van der Waals surface area contributed by atoms with E-state index < -0.39 is 23.5 Å². The van der Waals surface area contributed by atoms with Gasteiger partial charge in [-0.15, -0.1) is 0 Å². The summed E-state index contributed by atoms with van der Waals surface area (Å²) >= 11 is 6.06. The molecule has 0 saturated carbocycles. The average Bonchev–Trinajstić information content (AvgIpc) is 3.15. The first-order valence-electron chi connectivity index (χ1n) is 9.44. The van der Waals surface area contributed by atoms with Crippen LogP contribution < -0.4 is 10.9 Å². The third-order valence-electron chi connectivity index (χ3n) is 4.40. The zero-order valence-electron chi connectivity index (χ0n) is 16.3. The number of hydrogen-bond donors (Lipinski definition) is 2. The van der Waals surface area contributed by atoms with E-state index in [1.807, 2.05) is 48.5 Å². The first kappa shape index (κ1) is 21.4. The molecular formula is C22H21ClN2O5. The molecule has 1 atom stereocenters. The van der Waals surface area contributed by atoms with Crippen LogP contribution in [0, 0.1) is 0 Å². The second kappa shape index (κ2) is 9.93. The van der Waals surface area contributed by atoms with Crippen molar-refractivity contribution in [1.29, 1.82) is 0 Å². The Labute approximate surface area is 178 Å². The van der Waals surface area contributed by atoms with Crippen LogP contribution in [-0.4, -0.2) is 29.7 Å². The smallest absolute Gasteiger partial charge is 0.307 e. The molecule has 8 heteroatoms. The maximum Gasteiger partial charge on any atom is 0.307 e. The maximum atomic E-state index is 12.3. The van der Waals surface area contributed by atoms with Gasteiger partial charge in [-0.2, -0.15) is 5.16 Å². The Morgan fingerprint density at radius 2 is 1.90 bits per heavy atom. The number of benzene rings is 2. The van der Waals surface area contributed by atoms with Gasteiger partial charge in [0.2, 0.25) is 5.76 Å². The van der Waals surface area contributed by atoms with E-state index in [2.05, 4.69) is 10.5 Å². The fraction of sp³-hybridized carbons (Fsp3) is 0.227. The summed E-state index contributed by atoms with van der Waals surface area (Å²) < 4.78 is 9.83. The number of carbonyl (C=O) groups excluding carboxylic acids is 2. The van der Waals surface area contributed by atoms with Crippen LogP contribution in [0.1, 0.15) is 29.5 Å². The zero-order valence-corrected chi connectivity index (χ0v) is 17.1. The molecule has 7 nitrogen and oxygen atoms in total. The van der Waals surface area contributed by atoms with Crippen molar-refractivity contribution < 1.29 is 18.8 Å². The second-order valence-electron chi connectivity index (χ2n) is 6.67. The third kappa shape index (κ3) is 5.84. The first-order chi connectivity index (χ1) is 14.4. The largest absolute Gasteiger partial charge is 0.466 e. The van der Waals surface area contributed by atoms with Gasteiger partial charge in [-0.05, 0) is 42.2 Å². The van der Waals surface area contributed by atoms with Gasteiger partial charge < -0.3 is 14.6 Å². The highest BCUT2D eigenvalue weighted by atomic mass is 35.5. The first-order valence-corrected chi connectivity index (χ1v) is 9.82. The molecule has 0 aliphatic heterocycles. The minimum absolute atomic E-state index is 0.00964. The molecule has 156 valence electrons. The average molecular weight is 429 g/mol. The Bertz CT molecular complexity index is 1070. The van der Waals surface area contributed by atoms with E-state index in [9.17, 15) is 14.4 Å². The number of hydrogen-bond acceptors (Lipinski definition) is 5. The van der Waals surface area contributed by atoms with Crippen molar-refractivity contribution >= 4 is 23.5 Å². The molecule has 0 aliphatic carbocycles. The number of rotatable bonds is 8. The van der Waals surface area contributed by atoms with Gasteiger partial charge in [0, 0.05) is 11.1 Å². The minimum atomic E-state index is -0.585. The summed E-state index contributed by atoms with van der Waals surface area (Å²) in [6.07, 6.45) is 0.388. The number of nitrogens with one attached hydrogen (secondary N) is 2. The lowest BCUT2D eigenvalue weighted by molar-refractivity contribution is -0.143. The van der Waals surface area contributed by atoms with Crippen LogP contribution in [-0.2, 0) is 16.0 Å². The lowest BCUT2D eigenvalue weighted by Crippen LogP contribution is -2.38. The third-order valence-corrected chi connectivity index (χ3v) is 4.63. The molecule has 3 aromatic rings. The van der Waals surface area contributed by atoms with Crippen molar-refractivity contribution in [2.75, 3.05) is 6.61 Å². The van der Waals surface area contributed by atoms with Crippen molar-refractivity contribution in [3.63, 3.8) is 0 Å². The summed E-state index contributed by atoms with van der Waals surface area (Å²) in [4.78, 5) is 35.5. The fourth-order valence-electron chi connectivity index (χ4n) is 3.03. The molecule has 3 rings (SSSR count). The Morgan fingerprint density at radius 3 is 2.53 bits per heavy atom. The number of aromatic amines is 1. The summed E-state index contributed by atoms with van der Waals surface area (Å²) in [7, 11) is 0. The number of esters is 1. The van der Waals surface area contributed by atoms with Gasteiger partial charge in [0.25, 0.3) is 11.5 Å². The molecule has 0 saturated heterocycles. The quantitative estimate of drug-likeness (QED) is 0.534. The summed E-state index contributed by atoms with van der Waals surface area (Å²) in [6.45, 7) is 1.97. The van der Waals surface area contributed by atoms with Crippen LogP contribution >= 0.6 is 11.6 Å². The molecule has 0 bridgehead atoms. The lowest BCUT2D eigenvalue weighted by atomic mass is 9.99. The van der Waals surface area contributed by atoms with Crippen LogP contribution in [0.15, 0.2) is 63.9 Å². The molecule has 1 amide bonds. The normalized spacial score (nSPS) is 11.7. The van der Waals surface area contributed by atoms with Gasteiger partial charge in [0.1, 0.15) is 0 Å². The van der Waals surface area contributed by atoms with E-state index in [1.165, 1.54) is 0 Å². The molecule has 2 aromatic carbocycles. The molecule has 30 heavy (non-hydrogen) atoms. The van der Waals surface area contributed by atoms with Crippen LogP contribution in [0.3, 0.4) is 0 Å². The minimum Gasteiger partial charge on any atom is -0.466 e. The molecule has 0 fully saturated rings. The summed E-state index contributed by atoms with van der Waals surface area (Å²) in [5.74, 6) is -1.16. The summed E-state index contributed by atoms with van der Waals surface area (Å²) in [5.41, 5.74) is 2.40. The van der Waals surface area contributed by atoms with Crippen LogP contribution in [0.25, 0.3) is 11.1 Å². The highest BCUT2D eigenvalue weighted by molar-refractivity contribution is 6.30. The fourth-order valence-corrected chi connectivity index (χ4v) is 3.22. The highest BCUT2D eigenvalue weighted by Crippen LogP contribution is 2.23. The van der Waals surface area contributed by atoms with Crippen LogP contribution in [0.5, 0.6) is 0 Å². The number of ether oxygens (including phenoxy) is 1. The van der Waals surface area contributed by atoms with Gasteiger partial charge in [-0.3, -0.25) is 14.4 Å². The van der Waals surface area contributed by atoms with E-state index in [-0.39, 0.29) is 18.8 Å². The molecule has 0 radical (unpaired) electrons. The monoisotopic (exact) mass is 428 g/mol. The molecule has 1 heterocycles. The maximum absolute atomic E-state index is 12.3. The predicted octanol–water partition coefficient (Wildman–Crippen LogP) is 3.58.